The molecule has 0 aliphatic carbocycles. The van der Waals surface area contributed by atoms with Crippen LogP contribution >= 0.6 is 0 Å². The van der Waals surface area contributed by atoms with Gasteiger partial charge in [0.25, 0.3) is 0 Å². The predicted octanol–water partition coefficient (Wildman–Crippen LogP) is 1.45. The van der Waals surface area contributed by atoms with Gasteiger partial charge in [-0.25, -0.2) is 4.90 Å². The minimum absolute atomic E-state index is 0.00639. The summed E-state index contributed by atoms with van der Waals surface area (Å²) in [5, 5.41) is 12.4. The fourth-order valence-electron chi connectivity index (χ4n) is 5.66. The van der Waals surface area contributed by atoms with Crippen molar-refractivity contribution in [3.63, 3.8) is 0 Å². The average Bonchev–Trinajstić information content (AvgIpc) is 3.18. The Kier molecular flexibility index (Phi) is 6.20. The van der Waals surface area contributed by atoms with Crippen molar-refractivity contribution in [2.75, 3.05) is 32.7 Å². The molecule has 3 heterocycles. The van der Waals surface area contributed by atoms with E-state index < -0.39 is 23.8 Å². The minimum Gasteiger partial charge on any atom is -0.480 e. The molecular formula is C26H29N3O5. The van der Waals surface area contributed by atoms with E-state index in [0.717, 1.165) is 11.1 Å². The third-order valence-electron chi connectivity index (χ3n) is 7.24. The third kappa shape index (κ3) is 3.91. The van der Waals surface area contributed by atoms with Gasteiger partial charge in [0, 0.05) is 30.1 Å². The van der Waals surface area contributed by atoms with Crippen LogP contribution in [-0.2, 0) is 24.8 Å². The van der Waals surface area contributed by atoms with Crippen LogP contribution in [0.4, 0.5) is 0 Å². The number of carboxylic acids is 1. The van der Waals surface area contributed by atoms with Crippen LogP contribution in [0, 0.1) is 5.92 Å². The van der Waals surface area contributed by atoms with Crippen LogP contribution < -0.4 is 5.32 Å². The zero-order valence-electron chi connectivity index (χ0n) is 18.9. The number of piperazine rings is 1. The van der Waals surface area contributed by atoms with Crippen molar-refractivity contribution in [2.45, 2.75) is 30.7 Å². The number of aliphatic carboxylic acids is 1. The Morgan fingerprint density at radius 1 is 0.971 bits per heavy atom. The molecular weight excluding hydrogens is 434 g/mol. The second kappa shape index (κ2) is 9.29. The number of ketones is 1. The largest absolute Gasteiger partial charge is 0.480 e. The molecule has 5 rings (SSSR count). The number of hydrogen-bond acceptors (Lipinski definition) is 7. The molecule has 0 saturated carbocycles. The summed E-state index contributed by atoms with van der Waals surface area (Å²) in [6, 6.07) is 18.1. The van der Waals surface area contributed by atoms with Gasteiger partial charge in [-0.2, -0.15) is 0 Å². The Bertz CT molecular complexity index is 1010. The second-order valence-electron chi connectivity index (χ2n) is 9.24. The van der Waals surface area contributed by atoms with Crippen molar-refractivity contribution < 1.29 is 24.2 Å². The maximum atomic E-state index is 13.9. The number of hydrogen-bond donors (Lipinski definition) is 2. The quantitative estimate of drug-likeness (QED) is 0.622. The molecule has 178 valence electrons. The van der Waals surface area contributed by atoms with Crippen LogP contribution in [0.3, 0.4) is 0 Å². The normalized spacial score (nSPS) is 25.5. The fraction of sp³-hybridized carbons (Fsp3) is 0.423. The molecule has 8 heteroatoms. The first-order valence-corrected chi connectivity index (χ1v) is 11.8. The maximum Gasteiger partial charge on any atom is 0.327 e. The Labute approximate surface area is 198 Å². The van der Waals surface area contributed by atoms with Gasteiger partial charge in [-0.05, 0) is 25.9 Å². The molecule has 3 aliphatic heterocycles. The van der Waals surface area contributed by atoms with Gasteiger partial charge < -0.3 is 15.2 Å². The summed E-state index contributed by atoms with van der Waals surface area (Å²) >= 11 is 0. The first-order valence-electron chi connectivity index (χ1n) is 11.8. The lowest BCUT2D eigenvalue weighted by molar-refractivity contribution is -0.154. The third-order valence-corrected chi connectivity index (χ3v) is 7.24. The summed E-state index contributed by atoms with van der Waals surface area (Å²) in [4.78, 5) is 42.0. The fourth-order valence-corrected chi connectivity index (χ4v) is 5.66. The van der Waals surface area contributed by atoms with Gasteiger partial charge in [0.15, 0.2) is 5.78 Å². The number of rotatable bonds is 6. The number of Topliss-reactive ketones (excluding diaryl/α,β-unsaturated/α-hetero) is 1. The molecule has 2 unspecified atom stereocenters. The summed E-state index contributed by atoms with van der Waals surface area (Å²) in [6.45, 7) is 1.99. The monoisotopic (exact) mass is 463 g/mol. The Morgan fingerprint density at radius 2 is 1.56 bits per heavy atom. The van der Waals surface area contributed by atoms with Crippen LogP contribution in [0.15, 0.2) is 60.7 Å². The van der Waals surface area contributed by atoms with Crippen molar-refractivity contribution in [1.29, 1.82) is 0 Å². The SMILES string of the molecule is O=C(O)CN1CCC(C(=O)C2CNCC3C(=O)OC(c4ccccc4)(c4ccccc4)N32)CC1. The number of benzene rings is 2. The summed E-state index contributed by atoms with van der Waals surface area (Å²) in [5.74, 6) is -1.29. The van der Waals surface area contributed by atoms with Gasteiger partial charge in [0.2, 0.25) is 5.72 Å². The Balaban J connectivity index is 1.51. The lowest BCUT2D eigenvalue weighted by Crippen LogP contribution is -2.65. The van der Waals surface area contributed by atoms with Gasteiger partial charge in [0.05, 0.1) is 12.6 Å². The summed E-state index contributed by atoms with van der Waals surface area (Å²) in [7, 11) is 0. The first kappa shape index (κ1) is 22.7. The number of carbonyl (C=O) groups excluding carboxylic acids is 2. The topological polar surface area (TPSA) is 99.2 Å². The molecule has 0 radical (unpaired) electrons. The lowest BCUT2D eigenvalue weighted by atomic mass is 9.84. The molecule has 2 aromatic carbocycles. The summed E-state index contributed by atoms with van der Waals surface area (Å²) in [5.41, 5.74) is 0.442. The van der Waals surface area contributed by atoms with Crippen LogP contribution in [0.25, 0.3) is 0 Å². The molecule has 2 atom stereocenters. The molecule has 0 amide bonds. The number of fused-ring (bicyclic) bond motifs is 1. The molecule has 34 heavy (non-hydrogen) atoms. The van der Waals surface area contributed by atoms with Gasteiger partial charge >= 0.3 is 11.9 Å². The molecule has 3 fully saturated rings. The van der Waals surface area contributed by atoms with E-state index in [1.54, 1.807) is 0 Å². The number of ether oxygens (including phenoxy) is 1. The standard InChI is InChI=1S/C26H29N3O5/c30-23(31)17-28-13-11-18(12-14-28)24(32)21-15-27-16-22-25(33)34-26(29(21)22,19-7-3-1-4-8-19)20-9-5-2-6-10-20/h1-10,18,21-22,27H,11-17H2,(H,30,31). The second-order valence-corrected chi connectivity index (χ2v) is 9.24. The van der Waals surface area contributed by atoms with E-state index in [9.17, 15) is 14.4 Å². The highest BCUT2D eigenvalue weighted by Gasteiger charge is 2.60. The van der Waals surface area contributed by atoms with E-state index >= 15 is 0 Å². The van der Waals surface area contributed by atoms with Crippen LogP contribution in [0.1, 0.15) is 24.0 Å². The molecule has 0 aromatic heterocycles. The van der Waals surface area contributed by atoms with Gasteiger partial charge in [-0.15, -0.1) is 0 Å². The van der Waals surface area contributed by atoms with Crippen molar-refractivity contribution in [3.05, 3.63) is 71.8 Å². The highest BCUT2D eigenvalue weighted by atomic mass is 16.6. The lowest BCUT2D eigenvalue weighted by Gasteiger charge is -2.46. The number of carboxylic acid groups (broad SMARTS) is 1. The first-order chi connectivity index (χ1) is 16.5. The van der Waals surface area contributed by atoms with E-state index in [1.165, 1.54) is 0 Å². The van der Waals surface area contributed by atoms with Gasteiger partial charge in [0.1, 0.15) is 6.04 Å². The molecule has 3 aliphatic rings. The number of piperidine rings is 1. The van der Waals surface area contributed by atoms with Crippen molar-refractivity contribution in [1.82, 2.24) is 15.1 Å². The van der Waals surface area contributed by atoms with E-state index in [4.69, 9.17) is 9.84 Å². The number of carbonyl (C=O) groups is 3. The smallest absolute Gasteiger partial charge is 0.327 e. The molecule has 2 aromatic rings. The number of nitrogens with zero attached hydrogens (tertiary/aromatic N) is 2. The number of nitrogens with one attached hydrogen (secondary N) is 1. The maximum absolute atomic E-state index is 13.9. The van der Waals surface area contributed by atoms with Crippen LogP contribution in [-0.4, -0.2) is 77.4 Å². The van der Waals surface area contributed by atoms with Crippen molar-refractivity contribution in [3.8, 4) is 0 Å². The molecule has 0 spiro atoms. The molecule has 0 bridgehead atoms. The average molecular weight is 464 g/mol. The van der Waals surface area contributed by atoms with Gasteiger partial charge in [-0.1, -0.05) is 60.7 Å². The van der Waals surface area contributed by atoms with E-state index in [-0.39, 0.29) is 24.2 Å². The zero-order valence-corrected chi connectivity index (χ0v) is 18.9. The summed E-state index contributed by atoms with van der Waals surface area (Å²) < 4.78 is 6.22. The number of esters is 1. The van der Waals surface area contributed by atoms with Crippen LogP contribution in [0.5, 0.6) is 0 Å². The highest BCUT2D eigenvalue weighted by molar-refractivity contribution is 5.89. The van der Waals surface area contributed by atoms with E-state index in [1.807, 2.05) is 70.5 Å². The molecule has 3 saturated heterocycles. The van der Waals surface area contributed by atoms with Crippen molar-refractivity contribution in [2.24, 2.45) is 5.92 Å². The minimum atomic E-state index is -1.18. The molecule has 2 N–H and O–H groups in total. The van der Waals surface area contributed by atoms with Crippen molar-refractivity contribution >= 4 is 17.7 Å². The number of cyclic esters (lactones) is 1. The summed E-state index contributed by atoms with van der Waals surface area (Å²) in [6.07, 6.45) is 1.22. The Morgan fingerprint density at radius 3 is 2.12 bits per heavy atom. The number of likely N-dealkylation sites (tertiary alicyclic amines) is 1. The zero-order chi connectivity index (χ0) is 23.7. The highest BCUT2D eigenvalue weighted by Crippen LogP contribution is 2.46. The van der Waals surface area contributed by atoms with Gasteiger partial charge in [-0.3, -0.25) is 19.3 Å². The molecule has 8 nitrogen and oxygen atoms in total. The van der Waals surface area contributed by atoms with Crippen LogP contribution in [0.2, 0.25) is 0 Å². The van der Waals surface area contributed by atoms with E-state index in [0.29, 0.717) is 39.0 Å². The predicted molar refractivity (Wildman–Crippen MR) is 124 cm³/mol. The Hall–Kier alpha value is -3.07. The van der Waals surface area contributed by atoms with E-state index in [2.05, 4.69) is 5.32 Å².